The second-order valence-electron chi connectivity index (χ2n) is 7.52. The molecule has 182 valence electrons. The van der Waals surface area contributed by atoms with E-state index in [0.29, 0.717) is 51.1 Å². The molecule has 2 N–H and O–H groups in total. The van der Waals surface area contributed by atoms with Crippen molar-refractivity contribution in [3.63, 3.8) is 0 Å². The largest absolute Gasteiger partial charge is 0.495 e. The minimum atomic E-state index is -0.366. The average Bonchev–Trinajstić information content (AvgIpc) is 3.18. The summed E-state index contributed by atoms with van der Waals surface area (Å²) in [7, 11) is 1.58. The molecule has 1 saturated heterocycles. The molecule has 4 rings (SSSR count). The molecule has 1 aliphatic heterocycles. The third-order valence-electron chi connectivity index (χ3n) is 5.05. The van der Waals surface area contributed by atoms with Gasteiger partial charge in [-0.05, 0) is 66.6 Å². The molecular formula is C26H24Cl2N2O4S. The van der Waals surface area contributed by atoms with Gasteiger partial charge in [0.25, 0.3) is 5.91 Å². The predicted molar refractivity (Wildman–Crippen MR) is 143 cm³/mol. The molecule has 1 heterocycles. The lowest BCUT2D eigenvalue weighted by Gasteiger charge is -2.15. The van der Waals surface area contributed by atoms with Crippen LogP contribution >= 0.6 is 35.0 Å². The molecule has 0 bridgehead atoms. The summed E-state index contributed by atoms with van der Waals surface area (Å²) < 4.78 is 17.1. The molecule has 0 radical (unpaired) electrons. The van der Waals surface area contributed by atoms with Crippen molar-refractivity contribution in [2.75, 3.05) is 19.0 Å². The summed E-state index contributed by atoms with van der Waals surface area (Å²) in [5, 5.41) is 7.42. The van der Waals surface area contributed by atoms with E-state index in [2.05, 4.69) is 10.6 Å². The number of rotatable bonds is 9. The number of carbonyl (C=O) groups excluding carboxylic acids is 1. The van der Waals surface area contributed by atoms with Crippen molar-refractivity contribution in [1.29, 1.82) is 0 Å². The van der Waals surface area contributed by atoms with Gasteiger partial charge in [0.15, 0.2) is 17.0 Å². The van der Waals surface area contributed by atoms with Gasteiger partial charge in [-0.3, -0.25) is 4.79 Å². The number of amides is 1. The Balaban J connectivity index is 1.47. The van der Waals surface area contributed by atoms with Gasteiger partial charge in [-0.2, -0.15) is 0 Å². The fourth-order valence-electron chi connectivity index (χ4n) is 3.39. The molecule has 3 aromatic carbocycles. The summed E-state index contributed by atoms with van der Waals surface area (Å²) in [6, 6.07) is 18.4. The minimum Gasteiger partial charge on any atom is -0.495 e. The van der Waals surface area contributed by atoms with E-state index in [1.165, 1.54) is 11.8 Å². The van der Waals surface area contributed by atoms with Crippen molar-refractivity contribution in [2.24, 2.45) is 0 Å². The smallest absolute Gasteiger partial charge is 0.260 e. The normalized spacial score (nSPS) is 16.2. The number of hydrogen-bond donors (Lipinski definition) is 2. The first-order valence-electron chi connectivity index (χ1n) is 10.9. The van der Waals surface area contributed by atoms with Gasteiger partial charge in [0, 0.05) is 10.0 Å². The van der Waals surface area contributed by atoms with E-state index in [4.69, 9.17) is 37.4 Å². The van der Waals surface area contributed by atoms with Crippen molar-refractivity contribution in [1.82, 2.24) is 5.32 Å². The molecule has 3 aromatic rings. The lowest BCUT2D eigenvalue weighted by molar-refractivity contribution is -0.116. The molecule has 1 amide bonds. The fraction of sp³-hybridized carbons (Fsp3) is 0.192. The Morgan fingerprint density at radius 3 is 2.46 bits per heavy atom. The molecule has 6 nitrogen and oxygen atoms in total. The Bertz CT molecular complexity index is 1230. The van der Waals surface area contributed by atoms with Crippen molar-refractivity contribution >= 4 is 52.6 Å². The number of nitrogens with one attached hydrogen (secondary N) is 2. The first kappa shape index (κ1) is 25.1. The van der Waals surface area contributed by atoms with Crippen molar-refractivity contribution in [3.05, 3.63) is 86.7 Å². The molecule has 9 heteroatoms. The Morgan fingerprint density at radius 2 is 1.71 bits per heavy atom. The van der Waals surface area contributed by atoms with Crippen LogP contribution in [0.1, 0.15) is 18.1 Å². The van der Waals surface area contributed by atoms with E-state index in [-0.39, 0.29) is 11.4 Å². The summed E-state index contributed by atoms with van der Waals surface area (Å²) in [6.45, 7) is 2.78. The maximum atomic E-state index is 12.6. The van der Waals surface area contributed by atoms with E-state index in [9.17, 15) is 4.79 Å². The van der Waals surface area contributed by atoms with Crippen LogP contribution < -0.4 is 24.8 Å². The number of ether oxygens (including phenoxy) is 3. The standard InChI is InChI=1S/C26H24Cl2N2O4S/c1-3-33-23-12-17(6-10-22(23)34-15-16-4-7-18(27)8-5-16)13-24-25(31)30-26(35-24)29-20-14-19(28)9-11-21(20)32-2/h4-14,26,29H,3,15H2,1-2H3,(H,30,31)/b24-13-. The number of hydrogen-bond acceptors (Lipinski definition) is 6. The summed E-state index contributed by atoms with van der Waals surface area (Å²) >= 11 is 13.4. The zero-order chi connectivity index (χ0) is 24.8. The fourth-order valence-corrected chi connectivity index (χ4v) is 4.67. The highest BCUT2D eigenvalue weighted by atomic mass is 35.5. The highest BCUT2D eigenvalue weighted by Crippen LogP contribution is 2.36. The molecule has 0 aromatic heterocycles. The maximum absolute atomic E-state index is 12.6. The van der Waals surface area contributed by atoms with Crippen molar-refractivity contribution in [2.45, 2.75) is 19.0 Å². The number of anilines is 1. The molecule has 1 unspecified atom stereocenters. The van der Waals surface area contributed by atoms with Gasteiger partial charge in [0.1, 0.15) is 12.4 Å². The lowest BCUT2D eigenvalue weighted by Crippen LogP contribution is -2.31. The molecule has 0 spiro atoms. The van der Waals surface area contributed by atoms with Crippen molar-refractivity contribution in [3.8, 4) is 17.2 Å². The Hall–Kier alpha value is -3.00. The maximum Gasteiger partial charge on any atom is 0.260 e. The van der Waals surface area contributed by atoms with Crippen LogP contribution in [0.3, 0.4) is 0 Å². The first-order chi connectivity index (χ1) is 16.9. The van der Waals surface area contributed by atoms with Gasteiger partial charge in [-0.1, -0.05) is 53.2 Å². The van der Waals surface area contributed by atoms with Crippen LogP contribution in [0.25, 0.3) is 6.08 Å². The first-order valence-corrected chi connectivity index (χ1v) is 12.5. The summed E-state index contributed by atoms with van der Waals surface area (Å²) in [6.07, 6.45) is 1.82. The number of benzene rings is 3. The molecule has 1 atom stereocenters. The zero-order valence-corrected chi connectivity index (χ0v) is 21.5. The van der Waals surface area contributed by atoms with Crippen LogP contribution in [-0.4, -0.2) is 25.1 Å². The SMILES string of the molecule is CCOc1cc(/C=C2\SC(Nc3cc(Cl)ccc3OC)NC2=O)ccc1OCc1ccc(Cl)cc1. The van der Waals surface area contributed by atoms with E-state index < -0.39 is 0 Å². The zero-order valence-electron chi connectivity index (χ0n) is 19.1. The van der Waals surface area contributed by atoms with Gasteiger partial charge in [0.2, 0.25) is 0 Å². The van der Waals surface area contributed by atoms with Crippen LogP contribution in [0, 0.1) is 0 Å². The number of methoxy groups -OCH3 is 1. The van der Waals surface area contributed by atoms with Crippen LogP contribution in [-0.2, 0) is 11.4 Å². The highest BCUT2D eigenvalue weighted by molar-refractivity contribution is 8.05. The van der Waals surface area contributed by atoms with E-state index in [1.807, 2.05) is 55.5 Å². The van der Waals surface area contributed by atoms with E-state index >= 15 is 0 Å². The minimum absolute atomic E-state index is 0.172. The molecule has 1 aliphatic rings. The number of thioether (sulfide) groups is 1. The number of halogens is 2. The van der Waals surface area contributed by atoms with Crippen molar-refractivity contribution < 1.29 is 19.0 Å². The Kier molecular flexibility index (Phi) is 8.33. The second kappa shape index (κ2) is 11.6. The molecule has 0 aliphatic carbocycles. The number of carbonyl (C=O) groups is 1. The van der Waals surface area contributed by atoms with Gasteiger partial charge < -0.3 is 24.8 Å². The lowest BCUT2D eigenvalue weighted by atomic mass is 10.2. The topological polar surface area (TPSA) is 68.8 Å². The van der Waals surface area contributed by atoms with Gasteiger partial charge in [-0.25, -0.2) is 0 Å². The van der Waals surface area contributed by atoms with Gasteiger partial charge in [0.05, 0.1) is 24.3 Å². The predicted octanol–water partition coefficient (Wildman–Crippen LogP) is 6.58. The summed E-state index contributed by atoms with van der Waals surface area (Å²) in [4.78, 5) is 13.2. The van der Waals surface area contributed by atoms with E-state index in [0.717, 1.165) is 11.1 Å². The quantitative estimate of drug-likeness (QED) is 0.304. The highest BCUT2D eigenvalue weighted by Gasteiger charge is 2.28. The molecular weight excluding hydrogens is 507 g/mol. The third kappa shape index (κ3) is 6.57. The van der Waals surface area contributed by atoms with Crippen LogP contribution in [0.2, 0.25) is 10.0 Å². The molecule has 0 saturated carbocycles. The van der Waals surface area contributed by atoms with E-state index in [1.54, 1.807) is 25.3 Å². The second-order valence-corrected chi connectivity index (χ2v) is 9.54. The summed E-state index contributed by atoms with van der Waals surface area (Å²) in [5.41, 5.74) is 2.15. The van der Waals surface area contributed by atoms with Crippen LogP contribution in [0.15, 0.2) is 65.6 Å². The molecule has 1 fully saturated rings. The Morgan fingerprint density at radius 1 is 0.971 bits per heavy atom. The Labute approximate surface area is 218 Å². The van der Waals surface area contributed by atoms with Gasteiger partial charge >= 0.3 is 0 Å². The van der Waals surface area contributed by atoms with Crippen LogP contribution in [0.4, 0.5) is 5.69 Å². The summed E-state index contributed by atoms with van der Waals surface area (Å²) in [5.74, 6) is 1.70. The molecule has 35 heavy (non-hydrogen) atoms. The van der Waals surface area contributed by atoms with Crippen LogP contribution in [0.5, 0.6) is 17.2 Å². The average molecular weight is 531 g/mol. The van der Waals surface area contributed by atoms with Gasteiger partial charge in [-0.15, -0.1) is 0 Å². The monoisotopic (exact) mass is 530 g/mol. The third-order valence-corrected chi connectivity index (χ3v) is 6.57.